The van der Waals surface area contributed by atoms with Crippen LogP contribution < -0.4 is 5.32 Å². The van der Waals surface area contributed by atoms with Crippen molar-refractivity contribution in [1.82, 2.24) is 20.1 Å². The van der Waals surface area contributed by atoms with Gasteiger partial charge in [-0.1, -0.05) is 12.1 Å². The molecule has 7 heteroatoms. The predicted molar refractivity (Wildman–Crippen MR) is 104 cm³/mol. The predicted octanol–water partition coefficient (Wildman–Crippen LogP) is 3.13. The summed E-state index contributed by atoms with van der Waals surface area (Å²) in [7, 11) is 1.63. The Balaban J connectivity index is 1.40. The molecule has 4 aromatic rings. The second-order valence-corrected chi connectivity index (χ2v) is 6.33. The van der Waals surface area contributed by atoms with Crippen LogP contribution in [-0.4, -0.2) is 34.4 Å². The first kappa shape index (κ1) is 17.9. The number of ether oxygens (including phenoxy) is 1. The molecule has 0 saturated carbocycles. The summed E-state index contributed by atoms with van der Waals surface area (Å²) < 4.78 is 12.5. The molecule has 1 amide bonds. The zero-order valence-corrected chi connectivity index (χ0v) is 15.5. The molecule has 28 heavy (non-hydrogen) atoms. The first-order valence-corrected chi connectivity index (χ1v) is 8.98. The fourth-order valence-electron chi connectivity index (χ4n) is 2.88. The minimum atomic E-state index is -0.159. The summed E-state index contributed by atoms with van der Waals surface area (Å²) in [6.45, 7) is 0.977. The number of amides is 1. The molecule has 142 valence electrons. The number of aromatic nitrogens is 3. The summed E-state index contributed by atoms with van der Waals surface area (Å²) in [5.41, 5.74) is 3.85. The van der Waals surface area contributed by atoms with Gasteiger partial charge in [-0.05, 0) is 42.0 Å². The normalized spacial score (nSPS) is 11.0. The largest absolute Gasteiger partial charge is 0.441 e. The molecule has 1 N–H and O–H groups in total. The molecule has 0 radical (unpaired) electrons. The zero-order valence-electron chi connectivity index (χ0n) is 15.5. The van der Waals surface area contributed by atoms with Crippen LogP contribution in [0.2, 0.25) is 0 Å². The van der Waals surface area contributed by atoms with Gasteiger partial charge in [-0.15, -0.1) is 0 Å². The Morgan fingerprint density at radius 2 is 2.07 bits per heavy atom. The third-order valence-electron chi connectivity index (χ3n) is 4.37. The second-order valence-electron chi connectivity index (χ2n) is 6.33. The molecule has 0 spiro atoms. The van der Waals surface area contributed by atoms with Gasteiger partial charge < -0.3 is 14.5 Å². The lowest BCUT2D eigenvalue weighted by Crippen LogP contribution is -2.22. The van der Waals surface area contributed by atoms with E-state index in [-0.39, 0.29) is 5.91 Å². The molecule has 2 aromatic heterocycles. The monoisotopic (exact) mass is 376 g/mol. The average Bonchev–Trinajstić information content (AvgIpc) is 3.40. The number of oxazole rings is 1. The van der Waals surface area contributed by atoms with E-state index in [1.165, 1.54) is 0 Å². The van der Waals surface area contributed by atoms with Crippen LogP contribution in [0.1, 0.15) is 21.8 Å². The molecular formula is C21H20N4O3. The summed E-state index contributed by atoms with van der Waals surface area (Å²) in [6, 6.07) is 15.0. The van der Waals surface area contributed by atoms with E-state index in [0.29, 0.717) is 36.6 Å². The summed E-state index contributed by atoms with van der Waals surface area (Å²) in [6.07, 6.45) is 4.22. The minimum Gasteiger partial charge on any atom is -0.441 e. The van der Waals surface area contributed by atoms with Gasteiger partial charge in [-0.3, -0.25) is 4.79 Å². The van der Waals surface area contributed by atoms with Gasteiger partial charge in [-0.2, -0.15) is 5.10 Å². The highest BCUT2D eigenvalue weighted by Gasteiger charge is 2.11. The number of fused-ring (bicyclic) bond motifs is 1. The highest BCUT2D eigenvalue weighted by Crippen LogP contribution is 2.18. The van der Waals surface area contributed by atoms with E-state index in [0.717, 1.165) is 16.8 Å². The van der Waals surface area contributed by atoms with E-state index in [1.807, 2.05) is 36.5 Å². The van der Waals surface area contributed by atoms with Crippen LogP contribution in [0.5, 0.6) is 0 Å². The lowest BCUT2D eigenvalue weighted by molar-refractivity contribution is 0.0951. The number of benzene rings is 2. The Morgan fingerprint density at radius 3 is 2.82 bits per heavy atom. The Kier molecular flexibility index (Phi) is 5.16. The number of carbonyl (C=O) groups is 1. The zero-order chi connectivity index (χ0) is 19.3. The van der Waals surface area contributed by atoms with Crippen molar-refractivity contribution in [3.8, 4) is 5.69 Å². The highest BCUT2D eigenvalue weighted by molar-refractivity contribution is 5.96. The Labute approximate surface area is 161 Å². The molecule has 0 unspecified atom stereocenters. The van der Waals surface area contributed by atoms with Crippen LogP contribution in [0.15, 0.2) is 65.3 Å². The van der Waals surface area contributed by atoms with Gasteiger partial charge in [0.15, 0.2) is 11.5 Å². The number of rotatable bonds is 7. The molecule has 0 fully saturated rings. The Morgan fingerprint density at radius 1 is 1.21 bits per heavy atom. The number of hydrogen-bond acceptors (Lipinski definition) is 5. The van der Waals surface area contributed by atoms with Crippen LogP contribution in [-0.2, 0) is 17.7 Å². The topological polar surface area (TPSA) is 82.2 Å². The van der Waals surface area contributed by atoms with Crippen LogP contribution in [0.25, 0.3) is 16.8 Å². The van der Waals surface area contributed by atoms with E-state index in [2.05, 4.69) is 15.4 Å². The molecule has 2 aromatic carbocycles. The molecule has 2 heterocycles. The van der Waals surface area contributed by atoms with Crippen molar-refractivity contribution in [2.45, 2.75) is 13.0 Å². The van der Waals surface area contributed by atoms with Crippen molar-refractivity contribution in [2.24, 2.45) is 0 Å². The molecule has 0 bridgehead atoms. The van der Waals surface area contributed by atoms with Gasteiger partial charge in [0.25, 0.3) is 5.91 Å². The molecule has 0 saturated heterocycles. The summed E-state index contributed by atoms with van der Waals surface area (Å²) in [5.74, 6) is 0.444. The van der Waals surface area contributed by atoms with E-state index in [4.69, 9.17) is 9.15 Å². The number of carbonyl (C=O) groups excluding carboxylic acids is 1. The van der Waals surface area contributed by atoms with Crippen molar-refractivity contribution in [2.75, 3.05) is 13.7 Å². The average molecular weight is 376 g/mol. The maximum atomic E-state index is 12.5. The van der Waals surface area contributed by atoms with Crippen molar-refractivity contribution in [1.29, 1.82) is 0 Å². The fraction of sp³-hybridized carbons (Fsp3) is 0.190. The van der Waals surface area contributed by atoms with Gasteiger partial charge in [0, 0.05) is 38.0 Å². The number of nitrogens with zero attached hydrogens (tertiary/aromatic N) is 3. The van der Waals surface area contributed by atoms with Crippen LogP contribution in [0.4, 0.5) is 0 Å². The minimum absolute atomic E-state index is 0.159. The van der Waals surface area contributed by atoms with Gasteiger partial charge in [-0.25, -0.2) is 9.67 Å². The number of nitrogens with one attached hydrogen (secondary N) is 1. The van der Waals surface area contributed by atoms with Crippen LogP contribution >= 0.6 is 0 Å². The third-order valence-corrected chi connectivity index (χ3v) is 4.37. The molecule has 0 atom stereocenters. The van der Waals surface area contributed by atoms with E-state index < -0.39 is 0 Å². The summed E-state index contributed by atoms with van der Waals surface area (Å²) >= 11 is 0. The molecule has 0 aliphatic rings. The van der Waals surface area contributed by atoms with Crippen molar-refractivity contribution >= 4 is 17.0 Å². The van der Waals surface area contributed by atoms with Gasteiger partial charge in [0.2, 0.25) is 0 Å². The van der Waals surface area contributed by atoms with Gasteiger partial charge in [0.1, 0.15) is 5.52 Å². The quantitative estimate of drug-likeness (QED) is 0.536. The van der Waals surface area contributed by atoms with E-state index in [1.54, 1.807) is 36.2 Å². The first-order valence-electron chi connectivity index (χ1n) is 8.98. The molecule has 7 nitrogen and oxygen atoms in total. The second kappa shape index (κ2) is 8.06. The first-order chi connectivity index (χ1) is 13.7. The van der Waals surface area contributed by atoms with Gasteiger partial charge in [0.05, 0.1) is 12.3 Å². The number of methoxy groups -OCH3 is 1. The third kappa shape index (κ3) is 3.94. The molecule has 0 aliphatic heterocycles. The maximum absolute atomic E-state index is 12.5. The lowest BCUT2D eigenvalue weighted by atomic mass is 10.1. The lowest BCUT2D eigenvalue weighted by Gasteiger charge is -2.07. The van der Waals surface area contributed by atoms with E-state index >= 15 is 0 Å². The highest BCUT2D eigenvalue weighted by atomic mass is 16.5. The fourth-order valence-corrected chi connectivity index (χ4v) is 2.88. The molecular weight excluding hydrogens is 356 g/mol. The number of hydrogen-bond donors (Lipinski definition) is 1. The molecule has 0 aliphatic carbocycles. The SMILES string of the molecule is COCCc1nc2ccc(C(=O)NCc3ccc(-n4cccn4)cc3)cc2o1. The van der Waals surface area contributed by atoms with Gasteiger partial charge >= 0.3 is 0 Å². The Hall–Kier alpha value is -3.45. The van der Waals surface area contributed by atoms with E-state index in [9.17, 15) is 4.79 Å². The van der Waals surface area contributed by atoms with Crippen LogP contribution in [0, 0.1) is 0 Å². The smallest absolute Gasteiger partial charge is 0.251 e. The van der Waals surface area contributed by atoms with Crippen molar-refractivity contribution < 1.29 is 13.9 Å². The summed E-state index contributed by atoms with van der Waals surface area (Å²) in [5, 5.41) is 7.13. The van der Waals surface area contributed by atoms with Crippen molar-refractivity contribution in [3.05, 3.63) is 77.9 Å². The molecule has 4 rings (SSSR count). The maximum Gasteiger partial charge on any atom is 0.251 e. The Bertz CT molecular complexity index is 1070. The standard InChI is InChI=1S/C21H20N4O3/c1-27-12-9-20-24-18-8-5-16(13-19(18)28-20)21(26)22-14-15-3-6-17(7-4-15)25-11-2-10-23-25/h2-8,10-11,13H,9,12,14H2,1H3,(H,22,26). The summed E-state index contributed by atoms with van der Waals surface area (Å²) in [4.78, 5) is 16.9. The van der Waals surface area contributed by atoms with Crippen molar-refractivity contribution in [3.63, 3.8) is 0 Å². The van der Waals surface area contributed by atoms with Crippen LogP contribution in [0.3, 0.4) is 0 Å².